The van der Waals surface area contributed by atoms with E-state index in [0.717, 1.165) is 12.5 Å². The fourth-order valence-corrected chi connectivity index (χ4v) is 3.05. The molecule has 1 aromatic carbocycles. The van der Waals surface area contributed by atoms with Gasteiger partial charge in [-0.25, -0.2) is 0 Å². The van der Waals surface area contributed by atoms with E-state index in [1.165, 1.54) is 50.9 Å². The standard InChI is InChI=1S/C18H30N2/c1-16(2)19-11-6-12-20-13-9-18(10-14-20)15-17-7-4-3-5-8-17/h3-5,7-8,16,18-19H,6,9-15H2,1-2H3. The van der Waals surface area contributed by atoms with E-state index in [2.05, 4.69) is 54.4 Å². The molecule has 112 valence electrons. The molecule has 0 aliphatic carbocycles. The maximum absolute atomic E-state index is 3.50. The highest BCUT2D eigenvalue weighted by Gasteiger charge is 2.18. The molecule has 0 bridgehead atoms. The van der Waals surface area contributed by atoms with Gasteiger partial charge in [0.05, 0.1) is 0 Å². The Morgan fingerprint density at radius 1 is 1.15 bits per heavy atom. The number of nitrogens with zero attached hydrogens (tertiary/aromatic N) is 1. The average molecular weight is 274 g/mol. The molecule has 2 rings (SSSR count). The van der Waals surface area contributed by atoms with Crippen molar-refractivity contribution in [3.05, 3.63) is 35.9 Å². The van der Waals surface area contributed by atoms with Crippen molar-refractivity contribution >= 4 is 0 Å². The van der Waals surface area contributed by atoms with E-state index in [-0.39, 0.29) is 0 Å². The molecule has 0 atom stereocenters. The van der Waals surface area contributed by atoms with E-state index in [4.69, 9.17) is 0 Å². The molecule has 0 aromatic heterocycles. The Morgan fingerprint density at radius 2 is 1.85 bits per heavy atom. The molecule has 1 aromatic rings. The van der Waals surface area contributed by atoms with Crippen LogP contribution in [-0.2, 0) is 6.42 Å². The fourth-order valence-electron chi connectivity index (χ4n) is 3.05. The molecule has 1 aliphatic heterocycles. The Labute approximate surface area is 124 Å². The summed E-state index contributed by atoms with van der Waals surface area (Å²) >= 11 is 0. The number of rotatable bonds is 7. The molecular formula is C18H30N2. The third-order valence-electron chi connectivity index (χ3n) is 4.28. The Bertz CT molecular complexity index is 353. The van der Waals surface area contributed by atoms with E-state index in [1.54, 1.807) is 0 Å². The molecule has 0 saturated carbocycles. The number of piperidine rings is 1. The van der Waals surface area contributed by atoms with Gasteiger partial charge in [0.2, 0.25) is 0 Å². The minimum atomic E-state index is 0.617. The van der Waals surface area contributed by atoms with E-state index in [1.807, 2.05) is 0 Å². The van der Waals surface area contributed by atoms with E-state index in [9.17, 15) is 0 Å². The second-order valence-corrected chi connectivity index (χ2v) is 6.44. The molecule has 20 heavy (non-hydrogen) atoms. The highest BCUT2D eigenvalue weighted by Crippen LogP contribution is 2.21. The number of hydrogen-bond acceptors (Lipinski definition) is 2. The van der Waals surface area contributed by atoms with Crippen LogP contribution in [0.2, 0.25) is 0 Å². The van der Waals surface area contributed by atoms with Gasteiger partial charge in [0.25, 0.3) is 0 Å². The monoisotopic (exact) mass is 274 g/mol. The maximum Gasteiger partial charge on any atom is 0.00103 e. The van der Waals surface area contributed by atoms with Crippen LogP contribution in [0.4, 0.5) is 0 Å². The summed E-state index contributed by atoms with van der Waals surface area (Å²) in [5.74, 6) is 0.891. The van der Waals surface area contributed by atoms with Crippen LogP contribution in [-0.4, -0.2) is 37.1 Å². The van der Waals surface area contributed by atoms with Gasteiger partial charge >= 0.3 is 0 Å². The average Bonchev–Trinajstić information content (AvgIpc) is 2.46. The van der Waals surface area contributed by atoms with Crippen LogP contribution >= 0.6 is 0 Å². The second-order valence-electron chi connectivity index (χ2n) is 6.44. The first-order valence-electron chi connectivity index (χ1n) is 8.23. The molecule has 0 radical (unpaired) electrons. The predicted molar refractivity (Wildman–Crippen MR) is 87.1 cm³/mol. The van der Waals surface area contributed by atoms with Gasteiger partial charge < -0.3 is 10.2 Å². The number of likely N-dealkylation sites (tertiary alicyclic amines) is 1. The third kappa shape index (κ3) is 5.64. The van der Waals surface area contributed by atoms with Gasteiger partial charge in [-0.1, -0.05) is 44.2 Å². The normalized spacial score (nSPS) is 17.8. The summed E-state index contributed by atoms with van der Waals surface area (Å²) in [7, 11) is 0. The summed E-state index contributed by atoms with van der Waals surface area (Å²) in [5.41, 5.74) is 1.51. The summed E-state index contributed by atoms with van der Waals surface area (Å²) in [6.07, 6.45) is 5.28. The Balaban J connectivity index is 1.60. The van der Waals surface area contributed by atoms with Crippen molar-refractivity contribution in [2.45, 2.75) is 45.6 Å². The zero-order valence-electron chi connectivity index (χ0n) is 13.1. The van der Waals surface area contributed by atoms with Gasteiger partial charge in [-0.3, -0.25) is 0 Å². The molecule has 1 heterocycles. The maximum atomic E-state index is 3.50. The van der Waals surface area contributed by atoms with Crippen molar-refractivity contribution in [1.82, 2.24) is 10.2 Å². The van der Waals surface area contributed by atoms with Gasteiger partial charge in [0, 0.05) is 6.04 Å². The number of nitrogens with one attached hydrogen (secondary N) is 1. The topological polar surface area (TPSA) is 15.3 Å². The van der Waals surface area contributed by atoms with Gasteiger partial charge in [0.1, 0.15) is 0 Å². The van der Waals surface area contributed by atoms with Crippen molar-refractivity contribution in [2.75, 3.05) is 26.2 Å². The van der Waals surface area contributed by atoms with Crippen LogP contribution in [0.3, 0.4) is 0 Å². The number of benzene rings is 1. The van der Waals surface area contributed by atoms with Crippen molar-refractivity contribution < 1.29 is 0 Å². The molecule has 2 nitrogen and oxygen atoms in total. The second kappa shape index (κ2) is 8.43. The summed E-state index contributed by atoms with van der Waals surface area (Å²) in [6.45, 7) is 9.43. The lowest BCUT2D eigenvalue weighted by Crippen LogP contribution is -2.36. The lowest BCUT2D eigenvalue weighted by atomic mass is 9.90. The quantitative estimate of drug-likeness (QED) is 0.767. The summed E-state index contributed by atoms with van der Waals surface area (Å²) in [6, 6.07) is 11.6. The highest BCUT2D eigenvalue weighted by atomic mass is 15.1. The Morgan fingerprint density at radius 3 is 2.50 bits per heavy atom. The Kier molecular flexibility index (Phi) is 6.55. The molecule has 1 fully saturated rings. The van der Waals surface area contributed by atoms with E-state index in [0.29, 0.717) is 6.04 Å². The van der Waals surface area contributed by atoms with Crippen LogP contribution in [0.15, 0.2) is 30.3 Å². The lowest BCUT2D eigenvalue weighted by Gasteiger charge is -2.32. The van der Waals surface area contributed by atoms with E-state index < -0.39 is 0 Å². The zero-order valence-corrected chi connectivity index (χ0v) is 13.1. The first-order chi connectivity index (χ1) is 9.74. The lowest BCUT2D eigenvalue weighted by molar-refractivity contribution is 0.181. The Hall–Kier alpha value is -0.860. The third-order valence-corrected chi connectivity index (χ3v) is 4.28. The van der Waals surface area contributed by atoms with Gasteiger partial charge in [-0.15, -0.1) is 0 Å². The summed E-state index contributed by atoms with van der Waals surface area (Å²) < 4.78 is 0. The predicted octanol–water partition coefficient (Wildman–Crippen LogP) is 3.33. The van der Waals surface area contributed by atoms with Crippen LogP contribution in [0, 0.1) is 5.92 Å². The summed E-state index contributed by atoms with van der Waals surface area (Å²) in [5, 5.41) is 3.50. The number of hydrogen-bond donors (Lipinski definition) is 1. The molecule has 1 saturated heterocycles. The van der Waals surface area contributed by atoms with E-state index >= 15 is 0 Å². The fraction of sp³-hybridized carbons (Fsp3) is 0.667. The zero-order chi connectivity index (χ0) is 14.2. The highest BCUT2D eigenvalue weighted by molar-refractivity contribution is 5.15. The minimum absolute atomic E-state index is 0.617. The largest absolute Gasteiger partial charge is 0.314 e. The van der Waals surface area contributed by atoms with Crippen LogP contribution < -0.4 is 5.32 Å². The molecule has 0 unspecified atom stereocenters. The van der Waals surface area contributed by atoms with Crippen LogP contribution in [0.5, 0.6) is 0 Å². The van der Waals surface area contributed by atoms with Crippen LogP contribution in [0.25, 0.3) is 0 Å². The van der Waals surface area contributed by atoms with Gasteiger partial charge in [-0.05, 0) is 63.3 Å². The molecular weight excluding hydrogens is 244 g/mol. The van der Waals surface area contributed by atoms with Crippen molar-refractivity contribution in [1.29, 1.82) is 0 Å². The molecule has 1 aliphatic rings. The van der Waals surface area contributed by atoms with Crippen molar-refractivity contribution in [3.63, 3.8) is 0 Å². The molecule has 0 amide bonds. The van der Waals surface area contributed by atoms with Crippen molar-refractivity contribution in [3.8, 4) is 0 Å². The van der Waals surface area contributed by atoms with Gasteiger partial charge in [0.15, 0.2) is 0 Å². The SMILES string of the molecule is CC(C)NCCCN1CCC(Cc2ccccc2)CC1. The minimum Gasteiger partial charge on any atom is -0.314 e. The molecule has 1 N–H and O–H groups in total. The van der Waals surface area contributed by atoms with Gasteiger partial charge in [-0.2, -0.15) is 0 Å². The van der Waals surface area contributed by atoms with Crippen LogP contribution in [0.1, 0.15) is 38.7 Å². The van der Waals surface area contributed by atoms with Crippen molar-refractivity contribution in [2.24, 2.45) is 5.92 Å². The first kappa shape index (κ1) is 15.5. The first-order valence-corrected chi connectivity index (χ1v) is 8.23. The smallest absolute Gasteiger partial charge is 0.00103 e. The molecule has 2 heteroatoms. The summed E-state index contributed by atoms with van der Waals surface area (Å²) in [4.78, 5) is 2.64. The molecule has 0 spiro atoms.